The van der Waals surface area contributed by atoms with Crippen molar-refractivity contribution in [2.45, 2.75) is 44.6 Å². The number of hydrogen-bond acceptors (Lipinski definition) is 3. The predicted molar refractivity (Wildman–Crippen MR) is 78.8 cm³/mol. The van der Waals surface area contributed by atoms with Crippen molar-refractivity contribution in [3.8, 4) is 5.75 Å². The lowest BCUT2D eigenvalue weighted by molar-refractivity contribution is 0.0789. The van der Waals surface area contributed by atoms with Gasteiger partial charge in [-0.25, -0.2) is 4.98 Å². The van der Waals surface area contributed by atoms with Crippen LogP contribution in [0.2, 0.25) is 0 Å². The van der Waals surface area contributed by atoms with Crippen LogP contribution in [0.3, 0.4) is 0 Å². The molecule has 1 aromatic heterocycles. The van der Waals surface area contributed by atoms with Crippen LogP contribution in [-0.2, 0) is 0 Å². The highest BCUT2D eigenvalue weighted by Crippen LogP contribution is 2.62. The Labute approximate surface area is 125 Å². The van der Waals surface area contributed by atoms with E-state index < -0.39 is 0 Å². The molecule has 3 fully saturated rings. The van der Waals surface area contributed by atoms with Gasteiger partial charge in [0, 0.05) is 11.7 Å². The van der Waals surface area contributed by atoms with Crippen molar-refractivity contribution in [2.75, 3.05) is 0 Å². The predicted octanol–water partition coefficient (Wildman–Crippen LogP) is 2.73. The maximum atomic E-state index is 12.5. The molecule has 4 rings (SSSR count). The Hall–Kier alpha value is -1.58. The molecule has 4 heteroatoms. The number of aromatic nitrogens is 1. The van der Waals surface area contributed by atoms with Crippen LogP contribution < -0.4 is 5.32 Å². The molecule has 112 valence electrons. The Morgan fingerprint density at radius 2 is 2.24 bits per heavy atom. The molecule has 1 amide bonds. The fourth-order valence-corrected chi connectivity index (χ4v) is 5.48. The topological polar surface area (TPSA) is 62.2 Å². The lowest BCUT2D eigenvalue weighted by Crippen LogP contribution is -2.53. The van der Waals surface area contributed by atoms with Gasteiger partial charge in [-0.1, -0.05) is 6.42 Å². The normalized spacial score (nSPS) is 40.2. The van der Waals surface area contributed by atoms with Crippen molar-refractivity contribution in [2.24, 2.45) is 23.7 Å². The third kappa shape index (κ3) is 1.88. The number of aromatic hydroxyl groups is 1. The van der Waals surface area contributed by atoms with Gasteiger partial charge in [0.05, 0.1) is 0 Å². The summed E-state index contributed by atoms with van der Waals surface area (Å²) in [6, 6.07) is 3.15. The van der Waals surface area contributed by atoms with Gasteiger partial charge in [-0.15, -0.1) is 0 Å². The van der Waals surface area contributed by atoms with Crippen molar-refractivity contribution in [3.05, 3.63) is 24.0 Å². The zero-order valence-corrected chi connectivity index (χ0v) is 12.4. The number of hydrogen-bond donors (Lipinski definition) is 2. The summed E-state index contributed by atoms with van der Waals surface area (Å²) < 4.78 is 0. The molecule has 0 aromatic carbocycles. The molecule has 1 aromatic rings. The van der Waals surface area contributed by atoms with Gasteiger partial charge in [0.1, 0.15) is 5.75 Å². The summed E-state index contributed by atoms with van der Waals surface area (Å²) in [6.07, 6.45) is 7.96. The quantitative estimate of drug-likeness (QED) is 0.878. The number of amides is 1. The molecular weight excluding hydrogens is 264 g/mol. The number of fused-ring (bicyclic) bond motifs is 5. The zero-order valence-electron chi connectivity index (χ0n) is 12.4. The van der Waals surface area contributed by atoms with E-state index in [-0.39, 0.29) is 22.9 Å². The molecule has 3 saturated carbocycles. The van der Waals surface area contributed by atoms with Crippen molar-refractivity contribution in [1.82, 2.24) is 10.3 Å². The van der Waals surface area contributed by atoms with E-state index in [9.17, 15) is 9.90 Å². The van der Waals surface area contributed by atoms with E-state index in [1.807, 2.05) is 0 Å². The fraction of sp³-hybridized carbons (Fsp3) is 0.647. The Morgan fingerprint density at radius 1 is 1.43 bits per heavy atom. The number of carbonyl (C=O) groups excluding carboxylic acids is 1. The average molecular weight is 286 g/mol. The van der Waals surface area contributed by atoms with Crippen LogP contribution in [0, 0.1) is 23.7 Å². The van der Waals surface area contributed by atoms with E-state index in [0.717, 1.165) is 24.2 Å². The molecule has 2 bridgehead atoms. The summed E-state index contributed by atoms with van der Waals surface area (Å²) in [4.78, 5) is 16.5. The van der Waals surface area contributed by atoms with Gasteiger partial charge in [0.25, 0.3) is 5.91 Å². The summed E-state index contributed by atoms with van der Waals surface area (Å²) >= 11 is 0. The van der Waals surface area contributed by atoms with Gasteiger partial charge >= 0.3 is 0 Å². The minimum Gasteiger partial charge on any atom is -0.505 e. The summed E-state index contributed by atoms with van der Waals surface area (Å²) in [5, 5.41) is 13.0. The second kappa shape index (κ2) is 4.46. The maximum Gasteiger partial charge on any atom is 0.274 e. The Balaban J connectivity index is 1.55. The molecule has 0 saturated heterocycles. The van der Waals surface area contributed by atoms with Crippen molar-refractivity contribution in [1.29, 1.82) is 0 Å². The highest BCUT2D eigenvalue weighted by Gasteiger charge is 2.59. The number of carbonyl (C=O) groups is 1. The zero-order chi connectivity index (χ0) is 14.6. The second-order valence-electron chi connectivity index (χ2n) is 7.31. The van der Waals surface area contributed by atoms with Crippen molar-refractivity contribution in [3.63, 3.8) is 0 Å². The van der Waals surface area contributed by atoms with Gasteiger partial charge in [-0.2, -0.15) is 0 Å². The van der Waals surface area contributed by atoms with E-state index in [0.29, 0.717) is 5.92 Å². The number of nitrogens with one attached hydrogen (secondary N) is 1. The molecular formula is C17H22N2O2. The average Bonchev–Trinajstić information content (AvgIpc) is 3.09. The van der Waals surface area contributed by atoms with Crippen LogP contribution in [0.15, 0.2) is 18.3 Å². The minimum absolute atomic E-state index is 0.0412. The fourth-order valence-electron chi connectivity index (χ4n) is 5.48. The minimum atomic E-state index is -0.238. The molecule has 5 atom stereocenters. The Kier molecular flexibility index (Phi) is 2.78. The monoisotopic (exact) mass is 286 g/mol. The number of pyridine rings is 1. The third-order valence-corrected chi connectivity index (χ3v) is 6.21. The Morgan fingerprint density at radius 3 is 3.05 bits per heavy atom. The van der Waals surface area contributed by atoms with Crippen LogP contribution in [0.5, 0.6) is 5.75 Å². The first-order chi connectivity index (χ1) is 10.1. The third-order valence-electron chi connectivity index (χ3n) is 6.21. The van der Waals surface area contributed by atoms with Crippen molar-refractivity contribution >= 4 is 5.91 Å². The first-order valence-corrected chi connectivity index (χ1v) is 8.05. The lowest BCUT2D eigenvalue weighted by Gasteiger charge is -2.41. The van der Waals surface area contributed by atoms with E-state index in [1.165, 1.54) is 31.7 Å². The van der Waals surface area contributed by atoms with E-state index in [1.54, 1.807) is 12.3 Å². The summed E-state index contributed by atoms with van der Waals surface area (Å²) in [7, 11) is 0. The molecule has 21 heavy (non-hydrogen) atoms. The molecule has 3 aliphatic carbocycles. The molecule has 2 N–H and O–H groups in total. The molecule has 0 radical (unpaired) electrons. The van der Waals surface area contributed by atoms with Crippen LogP contribution in [0.1, 0.15) is 49.5 Å². The van der Waals surface area contributed by atoms with Crippen LogP contribution in [0.4, 0.5) is 0 Å². The van der Waals surface area contributed by atoms with E-state index in [4.69, 9.17) is 0 Å². The summed E-state index contributed by atoms with van der Waals surface area (Å²) in [5.74, 6) is 2.81. The van der Waals surface area contributed by atoms with Gasteiger partial charge in [0.15, 0.2) is 5.69 Å². The van der Waals surface area contributed by atoms with Crippen LogP contribution in [0.25, 0.3) is 0 Å². The molecule has 4 nitrogen and oxygen atoms in total. The molecule has 3 aliphatic rings. The van der Waals surface area contributed by atoms with Crippen LogP contribution >= 0.6 is 0 Å². The van der Waals surface area contributed by atoms with E-state index in [2.05, 4.69) is 17.2 Å². The van der Waals surface area contributed by atoms with Gasteiger partial charge < -0.3 is 10.4 Å². The lowest BCUT2D eigenvalue weighted by atomic mass is 9.72. The first kappa shape index (κ1) is 13.1. The summed E-state index contributed by atoms with van der Waals surface area (Å²) in [5.41, 5.74) is 0.0153. The number of nitrogens with zero attached hydrogens (tertiary/aromatic N) is 1. The Bertz CT molecular complexity index is 588. The van der Waals surface area contributed by atoms with E-state index >= 15 is 0 Å². The molecule has 1 heterocycles. The molecule has 0 spiro atoms. The van der Waals surface area contributed by atoms with Crippen molar-refractivity contribution < 1.29 is 9.90 Å². The number of rotatable bonds is 2. The van der Waals surface area contributed by atoms with Gasteiger partial charge in [-0.3, -0.25) is 4.79 Å². The summed E-state index contributed by atoms with van der Waals surface area (Å²) in [6.45, 7) is 2.18. The first-order valence-electron chi connectivity index (χ1n) is 8.05. The SMILES string of the molecule is C[C@]1(NC(=O)c2ncccc2O)CC2CC1[C@@H]1CCC[C@H]21. The standard InChI is InChI=1S/C17H22N2O2/c1-17(19-16(21)15-14(20)6-3-7-18-15)9-10-8-13(17)12-5-2-4-11(10)12/h3,6-7,10-13,20H,2,4-5,8-9H2,1H3,(H,19,21)/t10?,11-,12-,13?,17+/m1/s1. The van der Waals surface area contributed by atoms with Crippen LogP contribution in [-0.4, -0.2) is 21.5 Å². The molecule has 2 unspecified atom stereocenters. The van der Waals surface area contributed by atoms with Gasteiger partial charge in [-0.05, 0) is 68.4 Å². The van der Waals surface area contributed by atoms with Gasteiger partial charge in [0.2, 0.25) is 0 Å². The highest BCUT2D eigenvalue weighted by atomic mass is 16.3. The highest BCUT2D eigenvalue weighted by molar-refractivity contribution is 5.95. The smallest absolute Gasteiger partial charge is 0.274 e. The largest absolute Gasteiger partial charge is 0.505 e. The second-order valence-corrected chi connectivity index (χ2v) is 7.31. The molecule has 0 aliphatic heterocycles. The maximum absolute atomic E-state index is 12.5.